The van der Waals surface area contributed by atoms with Gasteiger partial charge < -0.3 is 4.74 Å². The van der Waals surface area contributed by atoms with Crippen LogP contribution in [0.1, 0.15) is 61.6 Å². The van der Waals surface area contributed by atoms with E-state index in [1.54, 1.807) is 12.7 Å². The van der Waals surface area contributed by atoms with Crippen LogP contribution in [0.25, 0.3) is 6.08 Å². The molecule has 0 unspecified atom stereocenters. The Labute approximate surface area is 181 Å². The van der Waals surface area contributed by atoms with E-state index in [-0.39, 0.29) is 0 Å². The molecule has 0 heterocycles. The van der Waals surface area contributed by atoms with Gasteiger partial charge in [0.25, 0.3) is 0 Å². The molecule has 30 heavy (non-hydrogen) atoms. The highest BCUT2D eigenvalue weighted by molar-refractivity contribution is 5.78. The van der Waals surface area contributed by atoms with Crippen LogP contribution in [0, 0.1) is 17.3 Å². The lowest BCUT2D eigenvalue weighted by Gasteiger charge is -2.49. The molecule has 2 saturated carbocycles. The van der Waals surface area contributed by atoms with Crippen LogP contribution < -0.4 is 4.74 Å². The van der Waals surface area contributed by atoms with Crippen molar-refractivity contribution in [3.63, 3.8) is 0 Å². The summed E-state index contributed by atoms with van der Waals surface area (Å²) < 4.78 is 5.47. The summed E-state index contributed by atoms with van der Waals surface area (Å²) in [5.74, 6) is 3.38. The van der Waals surface area contributed by atoms with Crippen LogP contribution in [0.5, 0.6) is 5.75 Å². The summed E-state index contributed by atoms with van der Waals surface area (Å²) in [5, 5.41) is 0. The largest absolute Gasteiger partial charge is 0.497 e. The highest BCUT2D eigenvalue weighted by Crippen LogP contribution is 2.61. The van der Waals surface area contributed by atoms with Crippen LogP contribution in [0.2, 0.25) is 0 Å². The maximum atomic E-state index is 5.47. The Morgan fingerprint density at radius 1 is 1.10 bits per heavy atom. The lowest BCUT2D eigenvalue weighted by Crippen LogP contribution is -2.39. The molecule has 0 amide bonds. The van der Waals surface area contributed by atoms with E-state index in [9.17, 15) is 0 Å². The van der Waals surface area contributed by atoms with Gasteiger partial charge >= 0.3 is 0 Å². The molecule has 3 aliphatic carbocycles. The Bertz CT molecular complexity index is 946. The van der Waals surface area contributed by atoms with Gasteiger partial charge in [-0.3, -0.25) is 4.99 Å². The SMILES string of the molecule is COc1ccc2c(c1)CC[C@@H]1[C@@H]2CC[C@]2(C)C[C@@H](N=C/C=C/c3ccccc3)C[C@@H]12. The first-order valence-corrected chi connectivity index (χ1v) is 11.6. The van der Waals surface area contributed by atoms with E-state index < -0.39 is 0 Å². The third kappa shape index (κ3) is 3.62. The molecule has 0 aliphatic heterocycles. The van der Waals surface area contributed by atoms with Crippen molar-refractivity contribution in [1.29, 1.82) is 0 Å². The number of hydrogen-bond donors (Lipinski definition) is 0. The fourth-order valence-electron chi connectivity index (χ4n) is 6.71. The van der Waals surface area contributed by atoms with Crippen molar-refractivity contribution in [2.45, 2.75) is 57.4 Å². The number of rotatable bonds is 4. The van der Waals surface area contributed by atoms with Gasteiger partial charge in [-0.1, -0.05) is 49.4 Å². The van der Waals surface area contributed by atoms with Gasteiger partial charge in [0.15, 0.2) is 0 Å². The van der Waals surface area contributed by atoms with Gasteiger partial charge in [0, 0.05) is 6.21 Å². The second kappa shape index (κ2) is 8.06. The minimum atomic E-state index is 0.469. The molecule has 5 atom stereocenters. The first-order valence-electron chi connectivity index (χ1n) is 11.6. The number of hydrogen-bond acceptors (Lipinski definition) is 2. The Hall–Kier alpha value is -2.35. The van der Waals surface area contributed by atoms with Crippen molar-refractivity contribution in [3.05, 3.63) is 71.3 Å². The Balaban J connectivity index is 1.29. The normalized spacial score (nSPS) is 32.7. The van der Waals surface area contributed by atoms with Crippen LogP contribution in [0.4, 0.5) is 0 Å². The molecule has 2 aromatic carbocycles. The van der Waals surface area contributed by atoms with Gasteiger partial charge in [-0.15, -0.1) is 0 Å². The third-order valence-corrected chi connectivity index (χ3v) is 8.15. The number of aliphatic imine (C=N–C) groups is 1. The molecule has 2 heteroatoms. The molecular weight excluding hydrogens is 366 g/mol. The molecule has 156 valence electrons. The van der Waals surface area contributed by atoms with Crippen LogP contribution >= 0.6 is 0 Å². The lowest BCUT2D eigenvalue weighted by atomic mass is 9.56. The lowest BCUT2D eigenvalue weighted by molar-refractivity contribution is 0.0598. The fourth-order valence-corrected chi connectivity index (χ4v) is 6.71. The van der Waals surface area contributed by atoms with Crippen molar-refractivity contribution >= 4 is 12.3 Å². The fraction of sp³-hybridized carbons (Fsp3) is 0.464. The van der Waals surface area contributed by atoms with Crippen LogP contribution in [-0.4, -0.2) is 19.4 Å². The second-order valence-electron chi connectivity index (χ2n) is 9.83. The molecule has 5 rings (SSSR count). The highest BCUT2D eigenvalue weighted by Gasteiger charge is 2.52. The number of fused-ring (bicyclic) bond motifs is 5. The Morgan fingerprint density at radius 2 is 1.97 bits per heavy atom. The zero-order valence-electron chi connectivity index (χ0n) is 18.3. The number of ether oxygens (including phenoxy) is 1. The molecular formula is C28H33NO. The minimum absolute atomic E-state index is 0.469. The Kier molecular flexibility index (Phi) is 5.26. The Morgan fingerprint density at radius 3 is 2.80 bits per heavy atom. The summed E-state index contributed by atoms with van der Waals surface area (Å²) in [4.78, 5) is 4.98. The molecule has 2 nitrogen and oxygen atoms in total. The first-order chi connectivity index (χ1) is 14.7. The topological polar surface area (TPSA) is 21.6 Å². The molecule has 0 aromatic heterocycles. The molecule has 0 radical (unpaired) electrons. The number of benzene rings is 2. The van der Waals surface area contributed by atoms with Crippen LogP contribution in [0.15, 0.2) is 59.6 Å². The number of nitrogens with zero attached hydrogens (tertiary/aromatic N) is 1. The molecule has 0 bridgehead atoms. The predicted molar refractivity (Wildman–Crippen MR) is 125 cm³/mol. The summed E-state index contributed by atoms with van der Waals surface area (Å²) in [5.41, 5.74) is 4.83. The summed E-state index contributed by atoms with van der Waals surface area (Å²) in [6, 6.07) is 17.7. The monoisotopic (exact) mass is 399 g/mol. The molecule has 2 fully saturated rings. The van der Waals surface area contributed by atoms with Crippen molar-refractivity contribution in [3.8, 4) is 5.75 Å². The molecule has 0 spiro atoms. The second-order valence-corrected chi connectivity index (χ2v) is 9.83. The first kappa shape index (κ1) is 19.6. The smallest absolute Gasteiger partial charge is 0.119 e. The van der Waals surface area contributed by atoms with Gasteiger partial charge in [0.1, 0.15) is 5.75 Å². The van der Waals surface area contributed by atoms with E-state index in [1.165, 1.54) is 49.7 Å². The van der Waals surface area contributed by atoms with Gasteiger partial charge in [-0.25, -0.2) is 0 Å². The summed E-state index contributed by atoms with van der Waals surface area (Å²) in [6.07, 6.45) is 14.0. The molecule has 0 N–H and O–H groups in total. The van der Waals surface area contributed by atoms with Crippen LogP contribution in [-0.2, 0) is 6.42 Å². The predicted octanol–water partition coefficient (Wildman–Crippen LogP) is 6.70. The standard InChI is InChI=1S/C28H33NO/c1-28-15-14-25-24-13-11-23(30-2)17-21(24)10-12-26(25)27(28)18-22(19-28)29-16-6-9-20-7-4-3-5-8-20/h3-9,11,13,16-17,22,25-27H,10,12,14-15,18-19H2,1-2H3/b9-6+,29-16?/t22-,25+,26+,27-,28+/m0/s1. The van der Waals surface area contributed by atoms with E-state index in [2.05, 4.69) is 67.6 Å². The molecule has 3 aliphatic rings. The zero-order valence-corrected chi connectivity index (χ0v) is 18.3. The maximum Gasteiger partial charge on any atom is 0.119 e. The highest BCUT2D eigenvalue weighted by atomic mass is 16.5. The third-order valence-electron chi connectivity index (χ3n) is 8.15. The quantitative estimate of drug-likeness (QED) is 0.524. The van der Waals surface area contributed by atoms with Crippen molar-refractivity contribution in [2.24, 2.45) is 22.2 Å². The average Bonchev–Trinajstić information content (AvgIpc) is 3.13. The van der Waals surface area contributed by atoms with Crippen molar-refractivity contribution < 1.29 is 4.74 Å². The molecule has 0 saturated heterocycles. The average molecular weight is 400 g/mol. The maximum absolute atomic E-state index is 5.47. The van der Waals surface area contributed by atoms with E-state index >= 15 is 0 Å². The van der Waals surface area contributed by atoms with Crippen molar-refractivity contribution in [2.75, 3.05) is 7.11 Å². The van der Waals surface area contributed by atoms with Gasteiger partial charge in [0.2, 0.25) is 0 Å². The van der Waals surface area contributed by atoms with Crippen molar-refractivity contribution in [1.82, 2.24) is 0 Å². The molecule has 2 aromatic rings. The minimum Gasteiger partial charge on any atom is -0.497 e. The zero-order chi connectivity index (χ0) is 20.6. The summed E-state index contributed by atoms with van der Waals surface area (Å²) in [7, 11) is 1.77. The van der Waals surface area contributed by atoms with Gasteiger partial charge in [-0.05, 0) is 96.6 Å². The van der Waals surface area contributed by atoms with Gasteiger partial charge in [0.05, 0.1) is 13.2 Å². The number of aryl methyl sites for hydroxylation is 1. The van der Waals surface area contributed by atoms with Crippen LogP contribution in [0.3, 0.4) is 0 Å². The summed E-state index contributed by atoms with van der Waals surface area (Å²) in [6.45, 7) is 2.55. The summed E-state index contributed by atoms with van der Waals surface area (Å²) >= 11 is 0. The van der Waals surface area contributed by atoms with E-state index in [1.807, 2.05) is 6.21 Å². The van der Waals surface area contributed by atoms with E-state index in [0.29, 0.717) is 11.5 Å². The van der Waals surface area contributed by atoms with E-state index in [0.717, 1.165) is 23.5 Å². The number of methoxy groups -OCH3 is 1. The van der Waals surface area contributed by atoms with Gasteiger partial charge in [-0.2, -0.15) is 0 Å². The van der Waals surface area contributed by atoms with E-state index in [4.69, 9.17) is 9.73 Å². The number of allylic oxidation sites excluding steroid dienone is 1.